The average Bonchev–Trinajstić information content (AvgIpc) is 2.72. The topological polar surface area (TPSA) is 52.6 Å². The number of hydrazine groups is 1. The number of anilines is 1. The lowest BCUT2D eigenvalue weighted by Crippen LogP contribution is -2.42. The van der Waals surface area contributed by atoms with Gasteiger partial charge in [-0.1, -0.05) is 35.9 Å². The maximum Gasteiger partial charge on any atom is 0.270 e. The van der Waals surface area contributed by atoms with Crippen LogP contribution >= 0.6 is 35.1 Å². The molecule has 0 bridgehead atoms. The van der Waals surface area contributed by atoms with E-state index in [9.17, 15) is 9.59 Å². The summed E-state index contributed by atoms with van der Waals surface area (Å²) in [6.07, 6.45) is 0. The molecule has 0 spiro atoms. The van der Waals surface area contributed by atoms with Crippen LogP contribution in [0.4, 0.5) is 5.69 Å². The van der Waals surface area contributed by atoms with Crippen LogP contribution < -0.4 is 10.3 Å². The third kappa shape index (κ3) is 4.96. The molecular weight excluding hydrogens is 429 g/mol. The molecule has 0 aliphatic heterocycles. The first kappa shape index (κ1) is 21.3. The molecule has 1 N–H and O–H groups in total. The van der Waals surface area contributed by atoms with E-state index >= 15 is 0 Å². The molecule has 8 heteroatoms. The number of nitrogens with zero attached hydrogens (tertiary/aromatic N) is 2. The van der Waals surface area contributed by atoms with Crippen molar-refractivity contribution in [3.05, 3.63) is 71.2 Å². The third-order valence-electron chi connectivity index (χ3n) is 4.18. The molecule has 3 rings (SSSR count). The first-order valence-corrected chi connectivity index (χ1v) is 10.4. The Labute approximate surface area is 183 Å². The van der Waals surface area contributed by atoms with E-state index in [2.05, 4.69) is 5.43 Å². The first-order chi connectivity index (χ1) is 13.9. The van der Waals surface area contributed by atoms with Gasteiger partial charge in [-0.2, -0.15) is 4.41 Å². The summed E-state index contributed by atoms with van der Waals surface area (Å²) in [5.41, 5.74) is 4.07. The van der Waals surface area contributed by atoms with Crippen LogP contribution in [0.15, 0.2) is 65.6 Å². The molecule has 0 unspecified atom stereocenters. The summed E-state index contributed by atoms with van der Waals surface area (Å²) in [4.78, 5) is 27.8. The summed E-state index contributed by atoms with van der Waals surface area (Å²) in [5.74, 6) is -1.12. The van der Waals surface area contributed by atoms with Crippen molar-refractivity contribution in [1.82, 2.24) is 9.84 Å². The Bertz CT molecular complexity index is 1040. The SMILES string of the molecule is CN(C)c1cccc2c(SN(NC(=O)c3ccc(Cl)cc3)C(=O)CCl)cccc12. The number of halogens is 2. The molecule has 0 fully saturated rings. The van der Waals surface area contributed by atoms with Crippen LogP contribution in [-0.4, -0.2) is 36.2 Å². The number of nitrogens with one attached hydrogen (secondary N) is 1. The van der Waals surface area contributed by atoms with E-state index in [4.69, 9.17) is 23.2 Å². The van der Waals surface area contributed by atoms with Gasteiger partial charge in [0.15, 0.2) is 0 Å². The standard InChI is InChI=1S/C21H19Cl2N3O2S/c1-25(2)18-7-3-6-17-16(18)5-4-8-19(17)29-26(20(27)13-22)24-21(28)14-9-11-15(23)12-10-14/h3-12H,13H2,1-2H3,(H,24,28). The highest BCUT2D eigenvalue weighted by atomic mass is 35.5. The predicted molar refractivity (Wildman–Crippen MR) is 121 cm³/mol. The van der Waals surface area contributed by atoms with E-state index in [0.717, 1.165) is 33.3 Å². The van der Waals surface area contributed by atoms with Gasteiger partial charge < -0.3 is 4.90 Å². The van der Waals surface area contributed by atoms with Gasteiger partial charge in [-0.3, -0.25) is 15.0 Å². The van der Waals surface area contributed by atoms with Gasteiger partial charge >= 0.3 is 0 Å². The summed E-state index contributed by atoms with van der Waals surface area (Å²) < 4.78 is 1.17. The van der Waals surface area contributed by atoms with E-state index in [-0.39, 0.29) is 5.88 Å². The third-order valence-corrected chi connectivity index (χ3v) is 5.69. The molecule has 5 nitrogen and oxygen atoms in total. The van der Waals surface area contributed by atoms with Gasteiger partial charge in [0.05, 0.1) is 0 Å². The van der Waals surface area contributed by atoms with Crippen molar-refractivity contribution in [2.45, 2.75) is 4.90 Å². The largest absolute Gasteiger partial charge is 0.377 e. The lowest BCUT2D eigenvalue weighted by molar-refractivity contribution is -0.125. The number of rotatable bonds is 5. The minimum absolute atomic E-state index is 0.262. The van der Waals surface area contributed by atoms with E-state index < -0.39 is 11.8 Å². The summed E-state index contributed by atoms with van der Waals surface area (Å²) in [6, 6.07) is 18.2. The molecule has 0 atom stereocenters. The van der Waals surface area contributed by atoms with Crippen molar-refractivity contribution in [2.24, 2.45) is 0 Å². The lowest BCUT2D eigenvalue weighted by Gasteiger charge is -2.22. The first-order valence-electron chi connectivity index (χ1n) is 8.73. The Morgan fingerprint density at radius 1 is 0.966 bits per heavy atom. The second-order valence-corrected chi connectivity index (χ2v) is 8.07. The second-order valence-electron chi connectivity index (χ2n) is 6.38. The van der Waals surface area contributed by atoms with Gasteiger partial charge in [0.2, 0.25) is 0 Å². The maximum absolute atomic E-state index is 12.6. The fourth-order valence-electron chi connectivity index (χ4n) is 2.78. The van der Waals surface area contributed by atoms with E-state index in [1.807, 2.05) is 55.4 Å². The van der Waals surface area contributed by atoms with E-state index in [1.165, 1.54) is 4.41 Å². The predicted octanol–water partition coefficient (Wildman–Crippen LogP) is 4.98. The molecule has 2 amide bonds. The number of hydrogen-bond acceptors (Lipinski definition) is 4. The van der Waals surface area contributed by atoms with Crippen molar-refractivity contribution in [1.29, 1.82) is 0 Å². The zero-order valence-corrected chi connectivity index (χ0v) is 18.2. The Hall–Kier alpha value is -2.41. The summed E-state index contributed by atoms with van der Waals surface area (Å²) in [5, 5.41) is 2.54. The Morgan fingerprint density at radius 3 is 2.28 bits per heavy atom. The maximum atomic E-state index is 12.6. The van der Waals surface area contributed by atoms with Crippen molar-refractivity contribution in [2.75, 3.05) is 24.9 Å². The molecule has 0 saturated heterocycles. The van der Waals surface area contributed by atoms with E-state index in [1.54, 1.807) is 24.3 Å². The number of alkyl halides is 1. The van der Waals surface area contributed by atoms with Crippen LogP contribution in [0.1, 0.15) is 10.4 Å². The van der Waals surface area contributed by atoms with Crippen molar-refractivity contribution < 1.29 is 9.59 Å². The molecule has 150 valence electrons. The zero-order valence-electron chi connectivity index (χ0n) is 15.9. The smallest absolute Gasteiger partial charge is 0.270 e. The second kappa shape index (κ2) is 9.39. The number of carbonyl (C=O) groups is 2. The molecular formula is C21H19Cl2N3O2S. The van der Waals surface area contributed by atoms with Crippen LogP contribution in [0.3, 0.4) is 0 Å². The van der Waals surface area contributed by atoms with Gasteiger partial charge in [0.1, 0.15) is 5.88 Å². The number of amides is 2. The van der Waals surface area contributed by atoms with Crippen LogP contribution in [0.5, 0.6) is 0 Å². The van der Waals surface area contributed by atoms with E-state index in [0.29, 0.717) is 10.6 Å². The lowest BCUT2D eigenvalue weighted by atomic mass is 10.1. The van der Waals surface area contributed by atoms with Gasteiger partial charge in [-0.05, 0) is 41.8 Å². The summed E-state index contributed by atoms with van der Waals surface area (Å²) >= 11 is 12.8. The highest BCUT2D eigenvalue weighted by Gasteiger charge is 2.20. The minimum atomic E-state index is -0.431. The van der Waals surface area contributed by atoms with Gasteiger partial charge in [0, 0.05) is 52.6 Å². The van der Waals surface area contributed by atoms with Crippen LogP contribution in [0.2, 0.25) is 5.02 Å². The highest BCUT2D eigenvalue weighted by Crippen LogP contribution is 2.34. The van der Waals surface area contributed by atoms with Crippen molar-refractivity contribution >= 4 is 63.4 Å². The average molecular weight is 448 g/mol. The van der Waals surface area contributed by atoms with Crippen molar-refractivity contribution in [3.63, 3.8) is 0 Å². The van der Waals surface area contributed by atoms with Gasteiger partial charge in [-0.15, -0.1) is 11.6 Å². The fourth-order valence-corrected chi connectivity index (χ4v) is 4.00. The Balaban J connectivity index is 1.91. The minimum Gasteiger partial charge on any atom is -0.377 e. The fraction of sp³-hybridized carbons (Fsp3) is 0.143. The van der Waals surface area contributed by atoms with Gasteiger partial charge in [0.25, 0.3) is 11.8 Å². The number of hydrogen-bond donors (Lipinski definition) is 1. The summed E-state index contributed by atoms with van der Waals surface area (Å²) in [7, 11) is 3.95. The molecule has 0 radical (unpaired) electrons. The molecule has 0 aliphatic carbocycles. The van der Waals surface area contributed by atoms with Crippen LogP contribution in [0.25, 0.3) is 10.8 Å². The normalized spacial score (nSPS) is 10.6. The summed E-state index contributed by atoms with van der Waals surface area (Å²) in [6.45, 7) is 0. The molecule has 3 aromatic carbocycles. The van der Waals surface area contributed by atoms with Gasteiger partial charge in [-0.25, -0.2) is 0 Å². The molecule has 3 aromatic rings. The Morgan fingerprint density at radius 2 is 1.62 bits per heavy atom. The van der Waals surface area contributed by atoms with Crippen LogP contribution in [0, 0.1) is 0 Å². The zero-order chi connectivity index (χ0) is 21.0. The number of fused-ring (bicyclic) bond motifs is 1. The molecule has 29 heavy (non-hydrogen) atoms. The monoisotopic (exact) mass is 447 g/mol. The quantitative estimate of drug-likeness (QED) is 0.340. The Kier molecular flexibility index (Phi) is 6.90. The van der Waals surface area contributed by atoms with Crippen LogP contribution in [-0.2, 0) is 4.79 Å². The molecule has 0 aliphatic rings. The number of benzene rings is 3. The highest BCUT2D eigenvalue weighted by molar-refractivity contribution is 7.97. The molecule has 0 aromatic heterocycles. The van der Waals surface area contributed by atoms with Crippen molar-refractivity contribution in [3.8, 4) is 0 Å². The molecule has 0 saturated carbocycles. The molecule has 0 heterocycles. The number of carbonyl (C=O) groups excluding carboxylic acids is 2.